The van der Waals surface area contributed by atoms with Gasteiger partial charge in [0.2, 0.25) is 5.91 Å². The summed E-state index contributed by atoms with van der Waals surface area (Å²) in [4.78, 5) is 19.2. The second-order valence-electron chi connectivity index (χ2n) is 7.19. The number of carbonyl (C=O) groups excluding carboxylic acids is 1. The van der Waals surface area contributed by atoms with Crippen molar-refractivity contribution >= 4 is 17.2 Å². The van der Waals surface area contributed by atoms with Crippen LogP contribution in [0.15, 0.2) is 47.8 Å². The minimum absolute atomic E-state index is 0.239. The Labute approximate surface area is 153 Å². The minimum atomic E-state index is -0.239. The fourth-order valence-electron chi connectivity index (χ4n) is 3.83. The number of piperazine rings is 1. The van der Waals surface area contributed by atoms with E-state index in [4.69, 9.17) is 0 Å². The lowest BCUT2D eigenvalue weighted by molar-refractivity contribution is -0.147. The highest BCUT2D eigenvalue weighted by Gasteiger charge is 2.46. The van der Waals surface area contributed by atoms with Gasteiger partial charge in [-0.05, 0) is 23.4 Å². The van der Waals surface area contributed by atoms with Crippen molar-refractivity contribution in [2.75, 3.05) is 39.3 Å². The fraction of sp³-hybridized carbons (Fsp3) is 0.450. The zero-order valence-corrected chi connectivity index (χ0v) is 15.3. The lowest BCUT2D eigenvalue weighted by atomic mass is 9.75. The molecule has 3 heterocycles. The molecule has 1 amide bonds. The molecule has 25 heavy (non-hydrogen) atoms. The van der Waals surface area contributed by atoms with Gasteiger partial charge in [0.05, 0.1) is 5.41 Å². The molecule has 2 fully saturated rings. The van der Waals surface area contributed by atoms with Crippen molar-refractivity contribution in [2.45, 2.75) is 13.0 Å². The topological polar surface area (TPSA) is 35.6 Å². The maximum atomic E-state index is 13.2. The average Bonchev–Trinajstić information content (AvgIpc) is 3.12. The molecule has 0 bridgehead atoms. The third kappa shape index (κ3) is 3.64. The van der Waals surface area contributed by atoms with Crippen molar-refractivity contribution in [2.24, 2.45) is 5.41 Å². The number of benzene rings is 1. The van der Waals surface area contributed by atoms with E-state index in [-0.39, 0.29) is 5.41 Å². The first-order valence-corrected chi connectivity index (χ1v) is 9.92. The van der Waals surface area contributed by atoms with E-state index in [0.29, 0.717) is 5.91 Å². The molecule has 2 aliphatic rings. The standard InChI is InChI=1S/C20H25N3OS/c24-19(20(15-21-16-20)13-17-5-2-1-3-6-17)23-10-8-22(9-11-23)14-18-7-4-12-25-18/h1-7,12,21H,8-11,13-16H2. The highest BCUT2D eigenvalue weighted by molar-refractivity contribution is 7.09. The minimum Gasteiger partial charge on any atom is -0.340 e. The van der Waals surface area contributed by atoms with Gasteiger partial charge in [0, 0.05) is 50.7 Å². The number of hydrogen-bond donors (Lipinski definition) is 1. The van der Waals surface area contributed by atoms with Crippen LogP contribution in [0.3, 0.4) is 0 Å². The molecule has 0 aliphatic carbocycles. The van der Waals surface area contributed by atoms with Gasteiger partial charge in [-0.15, -0.1) is 11.3 Å². The molecule has 0 radical (unpaired) electrons. The van der Waals surface area contributed by atoms with Crippen molar-refractivity contribution < 1.29 is 4.79 Å². The van der Waals surface area contributed by atoms with Crippen LogP contribution < -0.4 is 5.32 Å². The van der Waals surface area contributed by atoms with Gasteiger partial charge >= 0.3 is 0 Å². The highest BCUT2D eigenvalue weighted by atomic mass is 32.1. The van der Waals surface area contributed by atoms with Crippen LogP contribution in [-0.2, 0) is 17.8 Å². The zero-order chi connectivity index (χ0) is 17.1. The van der Waals surface area contributed by atoms with Gasteiger partial charge in [-0.25, -0.2) is 0 Å². The Morgan fingerprint density at radius 1 is 1.04 bits per heavy atom. The third-order valence-corrected chi connectivity index (χ3v) is 6.25. The molecule has 5 heteroatoms. The first-order valence-electron chi connectivity index (χ1n) is 9.04. The lowest BCUT2D eigenvalue weighted by Crippen LogP contribution is -2.65. The van der Waals surface area contributed by atoms with E-state index in [1.54, 1.807) is 0 Å². The summed E-state index contributed by atoms with van der Waals surface area (Å²) < 4.78 is 0. The van der Waals surface area contributed by atoms with Crippen LogP contribution in [0.2, 0.25) is 0 Å². The predicted octanol–water partition coefficient (Wildman–Crippen LogP) is 2.22. The molecule has 2 saturated heterocycles. The van der Waals surface area contributed by atoms with Crippen molar-refractivity contribution in [1.29, 1.82) is 0 Å². The Kier molecular flexibility index (Phi) is 4.88. The summed E-state index contributed by atoms with van der Waals surface area (Å²) in [5, 5.41) is 5.46. The Bertz CT molecular complexity index is 689. The maximum Gasteiger partial charge on any atom is 0.231 e. The quantitative estimate of drug-likeness (QED) is 0.893. The van der Waals surface area contributed by atoms with Gasteiger partial charge in [-0.1, -0.05) is 36.4 Å². The van der Waals surface area contributed by atoms with Gasteiger partial charge in [0.1, 0.15) is 0 Å². The summed E-state index contributed by atoms with van der Waals surface area (Å²) in [6.45, 7) is 6.25. The highest BCUT2D eigenvalue weighted by Crippen LogP contribution is 2.31. The molecular formula is C20H25N3OS. The number of rotatable bonds is 5. The molecule has 4 rings (SSSR count). The molecule has 132 valence electrons. The average molecular weight is 356 g/mol. The fourth-order valence-corrected chi connectivity index (χ4v) is 4.58. The molecule has 2 aliphatic heterocycles. The number of amides is 1. The lowest BCUT2D eigenvalue weighted by Gasteiger charge is -2.46. The van der Waals surface area contributed by atoms with E-state index in [9.17, 15) is 4.79 Å². The monoisotopic (exact) mass is 355 g/mol. The molecule has 4 nitrogen and oxygen atoms in total. The van der Waals surface area contributed by atoms with Crippen molar-refractivity contribution in [3.05, 3.63) is 58.3 Å². The van der Waals surface area contributed by atoms with Gasteiger partial charge in [-0.2, -0.15) is 0 Å². The largest absolute Gasteiger partial charge is 0.340 e. The normalized spacial score (nSPS) is 20.2. The van der Waals surface area contributed by atoms with Crippen LogP contribution in [0.1, 0.15) is 10.4 Å². The SMILES string of the molecule is O=C(N1CCN(Cc2cccs2)CC1)C1(Cc2ccccc2)CNC1. The molecular weight excluding hydrogens is 330 g/mol. The van der Waals surface area contributed by atoms with Gasteiger partial charge in [0.15, 0.2) is 0 Å². The predicted molar refractivity (Wildman–Crippen MR) is 102 cm³/mol. The van der Waals surface area contributed by atoms with Crippen LogP contribution >= 0.6 is 11.3 Å². The summed E-state index contributed by atoms with van der Waals surface area (Å²) in [7, 11) is 0. The molecule has 0 unspecified atom stereocenters. The Morgan fingerprint density at radius 3 is 2.40 bits per heavy atom. The number of hydrogen-bond acceptors (Lipinski definition) is 4. The van der Waals surface area contributed by atoms with Crippen molar-refractivity contribution in [1.82, 2.24) is 15.1 Å². The summed E-state index contributed by atoms with van der Waals surface area (Å²) in [6.07, 6.45) is 0.842. The summed E-state index contributed by atoms with van der Waals surface area (Å²) in [5.41, 5.74) is 1.02. The van der Waals surface area contributed by atoms with Crippen molar-refractivity contribution in [3.8, 4) is 0 Å². The third-order valence-electron chi connectivity index (χ3n) is 5.38. The Morgan fingerprint density at radius 2 is 1.80 bits per heavy atom. The van der Waals surface area contributed by atoms with Gasteiger partial charge < -0.3 is 10.2 Å². The molecule has 2 aromatic rings. The summed E-state index contributed by atoms with van der Waals surface area (Å²) in [6, 6.07) is 14.7. The smallest absolute Gasteiger partial charge is 0.231 e. The van der Waals surface area contributed by atoms with E-state index < -0.39 is 0 Å². The molecule has 1 aromatic carbocycles. The number of nitrogens with one attached hydrogen (secondary N) is 1. The number of carbonyl (C=O) groups is 1. The Hall–Kier alpha value is -1.69. The van der Waals surface area contributed by atoms with E-state index in [1.807, 2.05) is 17.4 Å². The van der Waals surface area contributed by atoms with E-state index in [0.717, 1.165) is 52.2 Å². The van der Waals surface area contributed by atoms with E-state index >= 15 is 0 Å². The molecule has 0 saturated carbocycles. The van der Waals surface area contributed by atoms with Crippen LogP contribution in [0.5, 0.6) is 0 Å². The van der Waals surface area contributed by atoms with Crippen LogP contribution in [-0.4, -0.2) is 55.0 Å². The zero-order valence-electron chi connectivity index (χ0n) is 14.5. The second kappa shape index (κ2) is 7.28. The van der Waals surface area contributed by atoms with Gasteiger partial charge in [0.25, 0.3) is 0 Å². The molecule has 1 N–H and O–H groups in total. The first-order chi connectivity index (χ1) is 12.3. The number of nitrogens with zero attached hydrogens (tertiary/aromatic N) is 2. The van der Waals surface area contributed by atoms with Crippen molar-refractivity contribution in [3.63, 3.8) is 0 Å². The molecule has 0 atom stereocenters. The van der Waals surface area contributed by atoms with Crippen LogP contribution in [0.25, 0.3) is 0 Å². The van der Waals surface area contributed by atoms with Crippen LogP contribution in [0.4, 0.5) is 0 Å². The Balaban J connectivity index is 1.36. The summed E-state index contributed by atoms with van der Waals surface area (Å²) in [5.74, 6) is 0.339. The van der Waals surface area contributed by atoms with Gasteiger partial charge in [-0.3, -0.25) is 9.69 Å². The molecule has 0 spiro atoms. The molecule has 1 aromatic heterocycles. The summed E-state index contributed by atoms with van der Waals surface area (Å²) >= 11 is 1.81. The number of thiophene rings is 1. The maximum absolute atomic E-state index is 13.2. The van der Waals surface area contributed by atoms with E-state index in [2.05, 4.69) is 56.9 Å². The first kappa shape index (κ1) is 16.8. The van der Waals surface area contributed by atoms with Crippen LogP contribution in [0, 0.1) is 5.41 Å². The van der Waals surface area contributed by atoms with E-state index in [1.165, 1.54) is 10.4 Å². The second-order valence-corrected chi connectivity index (χ2v) is 8.23.